The molecule has 0 aromatic carbocycles. The van der Waals surface area contributed by atoms with Crippen LogP contribution in [0.2, 0.25) is 0 Å². The van der Waals surface area contributed by atoms with Crippen LogP contribution in [0.1, 0.15) is 36.1 Å². The number of aryl methyl sites for hydroxylation is 2. The molecule has 1 aromatic rings. The van der Waals surface area contributed by atoms with E-state index in [1.807, 2.05) is 18.0 Å². The molecule has 1 heterocycles. The first-order valence-electron chi connectivity index (χ1n) is 7.00. The molecule has 0 saturated heterocycles. The van der Waals surface area contributed by atoms with Crippen LogP contribution in [0.4, 0.5) is 5.82 Å². The van der Waals surface area contributed by atoms with Gasteiger partial charge in [0.1, 0.15) is 11.9 Å². The zero-order chi connectivity index (χ0) is 14.5. The summed E-state index contributed by atoms with van der Waals surface area (Å²) >= 11 is 0. The van der Waals surface area contributed by atoms with E-state index in [1.165, 1.54) is 12.0 Å². The van der Waals surface area contributed by atoms with Crippen LogP contribution in [0.15, 0.2) is 6.07 Å². The maximum Gasteiger partial charge on any atom is 0.221 e. The second-order valence-corrected chi connectivity index (χ2v) is 5.13. The van der Waals surface area contributed by atoms with Crippen molar-refractivity contribution in [3.8, 4) is 6.07 Å². The van der Waals surface area contributed by atoms with Crippen LogP contribution in [0.25, 0.3) is 0 Å². The Kier molecular flexibility index (Phi) is 4.57. The number of hydrogen-bond donors (Lipinski definition) is 1. The Morgan fingerprint density at radius 1 is 1.50 bits per heavy atom. The van der Waals surface area contributed by atoms with E-state index in [0.29, 0.717) is 24.3 Å². The van der Waals surface area contributed by atoms with Crippen LogP contribution in [-0.2, 0) is 17.6 Å². The number of pyridine rings is 1. The number of fused-ring (bicyclic) bond motifs is 1. The van der Waals surface area contributed by atoms with Gasteiger partial charge in [-0.15, -0.1) is 0 Å². The maximum absolute atomic E-state index is 11.3. The summed E-state index contributed by atoms with van der Waals surface area (Å²) in [6, 6.07) is 4.19. The highest BCUT2D eigenvalue weighted by Gasteiger charge is 2.17. The minimum atomic E-state index is -0.00619. The monoisotopic (exact) mass is 272 g/mol. The van der Waals surface area contributed by atoms with Gasteiger partial charge in [-0.05, 0) is 37.3 Å². The molecule has 1 aliphatic rings. The number of nitrogens with one attached hydrogen (secondary N) is 1. The first-order valence-corrected chi connectivity index (χ1v) is 7.00. The van der Waals surface area contributed by atoms with Crippen LogP contribution in [-0.4, -0.2) is 31.5 Å². The Morgan fingerprint density at radius 2 is 2.25 bits per heavy atom. The standard InChI is InChI=1S/C15H20N4O/c1-17-14(20)7-8-19(2)15-12(10-16)9-11-5-3-4-6-13(11)18-15/h9H,3-8H2,1-2H3,(H,17,20). The summed E-state index contributed by atoms with van der Waals surface area (Å²) in [5.41, 5.74) is 2.92. The van der Waals surface area contributed by atoms with Gasteiger partial charge in [0, 0.05) is 32.8 Å². The van der Waals surface area contributed by atoms with Crippen LogP contribution < -0.4 is 10.2 Å². The van der Waals surface area contributed by atoms with Crippen LogP contribution in [0, 0.1) is 11.3 Å². The van der Waals surface area contributed by atoms with Crippen molar-refractivity contribution in [2.45, 2.75) is 32.1 Å². The molecule has 106 valence electrons. The zero-order valence-electron chi connectivity index (χ0n) is 12.1. The molecule has 0 spiro atoms. The smallest absolute Gasteiger partial charge is 0.221 e. The van der Waals surface area contributed by atoms with Gasteiger partial charge < -0.3 is 10.2 Å². The molecule has 0 aliphatic heterocycles. The second kappa shape index (κ2) is 6.38. The molecule has 0 unspecified atom stereocenters. The van der Waals surface area contributed by atoms with E-state index in [-0.39, 0.29) is 5.91 Å². The molecule has 0 fully saturated rings. The lowest BCUT2D eigenvalue weighted by Crippen LogP contribution is -2.28. The molecular weight excluding hydrogens is 252 g/mol. The molecule has 1 aromatic heterocycles. The fraction of sp³-hybridized carbons (Fsp3) is 0.533. The topological polar surface area (TPSA) is 69.0 Å². The molecule has 5 heteroatoms. The SMILES string of the molecule is CNC(=O)CCN(C)c1nc2c(cc1C#N)CCCC2. The molecule has 0 saturated carbocycles. The van der Waals surface area contributed by atoms with Gasteiger partial charge in [-0.3, -0.25) is 4.79 Å². The summed E-state index contributed by atoms with van der Waals surface area (Å²) in [6.45, 7) is 0.556. The second-order valence-electron chi connectivity index (χ2n) is 5.13. The molecule has 5 nitrogen and oxygen atoms in total. The van der Waals surface area contributed by atoms with E-state index in [2.05, 4.69) is 16.4 Å². The number of anilines is 1. The number of hydrogen-bond acceptors (Lipinski definition) is 4. The molecule has 1 N–H and O–H groups in total. The van der Waals surface area contributed by atoms with Crippen LogP contribution in [0.5, 0.6) is 0 Å². The van der Waals surface area contributed by atoms with Gasteiger partial charge in [0.2, 0.25) is 5.91 Å². The van der Waals surface area contributed by atoms with E-state index >= 15 is 0 Å². The predicted molar refractivity (Wildman–Crippen MR) is 77.5 cm³/mol. The van der Waals surface area contributed by atoms with Gasteiger partial charge in [-0.1, -0.05) is 0 Å². The van der Waals surface area contributed by atoms with E-state index in [1.54, 1.807) is 7.05 Å². The van der Waals surface area contributed by atoms with Gasteiger partial charge in [0.25, 0.3) is 0 Å². The van der Waals surface area contributed by atoms with Crippen LogP contribution in [0.3, 0.4) is 0 Å². The molecule has 20 heavy (non-hydrogen) atoms. The van der Waals surface area contributed by atoms with Crippen molar-refractivity contribution < 1.29 is 4.79 Å². The fourth-order valence-electron chi connectivity index (χ4n) is 2.50. The highest BCUT2D eigenvalue weighted by Crippen LogP contribution is 2.25. The Labute approximate surface area is 119 Å². The van der Waals surface area contributed by atoms with Gasteiger partial charge in [0.15, 0.2) is 0 Å². The predicted octanol–water partition coefficient (Wildman–Crippen LogP) is 1.40. The summed E-state index contributed by atoms with van der Waals surface area (Å²) in [4.78, 5) is 17.9. The molecule has 1 aliphatic carbocycles. The van der Waals surface area contributed by atoms with Crippen molar-refractivity contribution in [1.82, 2.24) is 10.3 Å². The quantitative estimate of drug-likeness (QED) is 0.899. The van der Waals surface area contributed by atoms with E-state index < -0.39 is 0 Å². The lowest BCUT2D eigenvalue weighted by Gasteiger charge is -2.22. The Hall–Kier alpha value is -2.09. The van der Waals surface area contributed by atoms with Crippen molar-refractivity contribution in [2.75, 3.05) is 25.5 Å². The number of carbonyl (C=O) groups is 1. The highest BCUT2D eigenvalue weighted by atomic mass is 16.1. The van der Waals surface area contributed by atoms with Gasteiger partial charge in [0.05, 0.1) is 5.56 Å². The van der Waals surface area contributed by atoms with E-state index in [0.717, 1.165) is 25.0 Å². The summed E-state index contributed by atoms with van der Waals surface area (Å²) in [7, 11) is 3.50. The first kappa shape index (κ1) is 14.3. The van der Waals surface area contributed by atoms with E-state index in [4.69, 9.17) is 0 Å². The van der Waals surface area contributed by atoms with Crippen molar-refractivity contribution in [2.24, 2.45) is 0 Å². The number of aromatic nitrogens is 1. The summed E-state index contributed by atoms with van der Waals surface area (Å²) < 4.78 is 0. The third-order valence-electron chi connectivity index (χ3n) is 3.72. The van der Waals surface area contributed by atoms with Gasteiger partial charge in [-0.25, -0.2) is 4.98 Å². The van der Waals surface area contributed by atoms with Gasteiger partial charge in [-0.2, -0.15) is 5.26 Å². The largest absolute Gasteiger partial charge is 0.359 e. The lowest BCUT2D eigenvalue weighted by molar-refractivity contribution is -0.120. The van der Waals surface area contributed by atoms with Crippen molar-refractivity contribution in [1.29, 1.82) is 5.26 Å². The molecule has 1 amide bonds. The Balaban J connectivity index is 2.21. The fourth-order valence-corrected chi connectivity index (χ4v) is 2.50. The normalized spacial score (nSPS) is 13.2. The van der Waals surface area contributed by atoms with Gasteiger partial charge >= 0.3 is 0 Å². The summed E-state index contributed by atoms with van der Waals surface area (Å²) in [5, 5.41) is 11.9. The number of amides is 1. The average molecular weight is 272 g/mol. The minimum absolute atomic E-state index is 0.00619. The molecular formula is C15H20N4O. The maximum atomic E-state index is 11.3. The average Bonchev–Trinajstić information content (AvgIpc) is 2.50. The molecule has 0 atom stereocenters. The third kappa shape index (κ3) is 3.08. The number of nitriles is 1. The first-order chi connectivity index (χ1) is 9.65. The lowest BCUT2D eigenvalue weighted by atomic mass is 9.95. The molecule has 0 radical (unpaired) electrons. The number of rotatable bonds is 4. The van der Waals surface area contributed by atoms with Crippen molar-refractivity contribution in [3.05, 3.63) is 22.9 Å². The Bertz CT molecular complexity index is 548. The highest BCUT2D eigenvalue weighted by molar-refractivity contribution is 5.76. The number of carbonyl (C=O) groups excluding carboxylic acids is 1. The molecule has 0 bridgehead atoms. The zero-order valence-corrected chi connectivity index (χ0v) is 12.1. The van der Waals surface area contributed by atoms with Crippen molar-refractivity contribution in [3.63, 3.8) is 0 Å². The summed E-state index contributed by atoms with van der Waals surface area (Å²) in [6.07, 6.45) is 4.73. The minimum Gasteiger partial charge on any atom is -0.359 e. The third-order valence-corrected chi connectivity index (χ3v) is 3.72. The Morgan fingerprint density at radius 3 is 2.95 bits per heavy atom. The molecule has 2 rings (SSSR count). The van der Waals surface area contributed by atoms with E-state index in [9.17, 15) is 10.1 Å². The summed E-state index contributed by atoms with van der Waals surface area (Å²) in [5.74, 6) is 0.686. The van der Waals surface area contributed by atoms with Crippen molar-refractivity contribution >= 4 is 11.7 Å². The number of nitrogens with zero attached hydrogens (tertiary/aromatic N) is 3. The van der Waals surface area contributed by atoms with Crippen LogP contribution >= 0.6 is 0 Å².